The van der Waals surface area contributed by atoms with Gasteiger partial charge in [-0.25, -0.2) is 9.97 Å². The molecule has 9 heteroatoms. The Balaban J connectivity index is 2.36. The van der Waals surface area contributed by atoms with Crippen molar-refractivity contribution < 1.29 is 18.3 Å². The second kappa shape index (κ2) is 5.24. The zero-order valence-corrected chi connectivity index (χ0v) is 11.3. The van der Waals surface area contributed by atoms with E-state index in [2.05, 4.69) is 9.97 Å². The van der Waals surface area contributed by atoms with Crippen LogP contribution in [0.5, 0.6) is 0 Å². The van der Waals surface area contributed by atoms with Crippen LogP contribution in [0, 0.1) is 0 Å². The lowest BCUT2D eigenvalue weighted by Crippen LogP contribution is -2.10. The van der Waals surface area contributed by atoms with Crippen LogP contribution in [0.3, 0.4) is 0 Å². The van der Waals surface area contributed by atoms with E-state index < -0.39 is 23.1 Å². The predicted molar refractivity (Wildman–Crippen MR) is 65.4 cm³/mol. The van der Waals surface area contributed by atoms with Crippen molar-refractivity contribution >= 4 is 34.5 Å². The summed E-state index contributed by atoms with van der Waals surface area (Å²) in [6.07, 6.45) is -4.52. The predicted octanol–water partition coefficient (Wildman–Crippen LogP) is 3.95. The van der Waals surface area contributed by atoms with E-state index >= 15 is 0 Å². The van der Waals surface area contributed by atoms with Crippen LogP contribution >= 0.6 is 34.5 Å². The number of pyridine rings is 1. The molecule has 0 aliphatic rings. The van der Waals surface area contributed by atoms with E-state index in [9.17, 15) is 18.3 Å². The number of hydrogen-bond donors (Lipinski definition) is 1. The normalized spacial score (nSPS) is 13.6. The fraction of sp³-hybridized carbons (Fsp3) is 0.200. The summed E-state index contributed by atoms with van der Waals surface area (Å²) in [5.41, 5.74) is -1.08. The molecule has 2 aromatic rings. The lowest BCUT2D eigenvalue weighted by atomic mass is 10.1. The third kappa shape index (κ3) is 3.17. The highest BCUT2D eigenvalue weighted by atomic mass is 35.5. The molecular weight excluding hydrogens is 324 g/mol. The third-order valence-electron chi connectivity index (χ3n) is 2.19. The molecule has 2 heterocycles. The summed E-state index contributed by atoms with van der Waals surface area (Å²) in [4.78, 5) is 7.05. The van der Waals surface area contributed by atoms with Crippen molar-refractivity contribution in [3.05, 3.63) is 44.1 Å². The van der Waals surface area contributed by atoms with E-state index in [-0.39, 0.29) is 10.6 Å². The first-order valence-electron chi connectivity index (χ1n) is 4.82. The first kappa shape index (κ1) is 14.5. The van der Waals surface area contributed by atoms with Gasteiger partial charge in [0.1, 0.15) is 26.3 Å². The van der Waals surface area contributed by atoms with E-state index in [0.29, 0.717) is 4.34 Å². The van der Waals surface area contributed by atoms with E-state index in [4.69, 9.17) is 23.2 Å². The maximum atomic E-state index is 12.4. The van der Waals surface area contributed by atoms with E-state index in [0.717, 1.165) is 23.5 Å². The molecule has 0 amide bonds. The highest BCUT2D eigenvalue weighted by molar-refractivity contribution is 7.15. The van der Waals surface area contributed by atoms with Crippen LogP contribution in [0.2, 0.25) is 9.49 Å². The summed E-state index contributed by atoms with van der Waals surface area (Å²) in [6.45, 7) is 0. The fourth-order valence-corrected chi connectivity index (χ4v) is 2.53. The van der Waals surface area contributed by atoms with Gasteiger partial charge in [0.2, 0.25) is 0 Å². The minimum atomic E-state index is -4.59. The second-order valence-corrected chi connectivity index (χ2v) is 5.53. The Hall–Kier alpha value is -0.890. The Morgan fingerprint density at radius 3 is 2.42 bits per heavy atom. The van der Waals surface area contributed by atoms with Crippen LogP contribution in [0.25, 0.3) is 0 Å². The lowest BCUT2D eigenvalue weighted by molar-refractivity contribution is -0.141. The van der Waals surface area contributed by atoms with E-state index in [1.54, 1.807) is 0 Å². The highest BCUT2D eigenvalue weighted by Gasteiger charge is 2.33. The van der Waals surface area contributed by atoms with Crippen LogP contribution in [-0.2, 0) is 6.18 Å². The molecule has 1 atom stereocenters. The van der Waals surface area contributed by atoms with Crippen molar-refractivity contribution in [1.29, 1.82) is 0 Å². The first-order chi connectivity index (χ1) is 8.79. The molecule has 102 valence electrons. The summed E-state index contributed by atoms with van der Waals surface area (Å²) < 4.78 is 37.6. The third-order valence-corrected chi connectivity index (χ3v) is 3.66. The zero-order valence-electron chi connectivity index (χ0n) is 8.95. The van der Waals surface area contributed by atoms with Gasteiger partial charge < -0.3 is 5.11 Å². The minimum absolute atomic E-state index is 0.0423. The monoisotopic (exact) mass is 328 g/mol. The number of aliphatic hydroxyl groups excluding tert-OH is 1. The second-order valence-electron chi connectivity index (χ2n) is 3.48. The van der Waals surface area contributed by atoms with Gasteiger partial charge in [-0.2, -0.15) is 13.2 Å². The van der Waals surface area contributed by atoms with Crippen molar-refractivity contribution in [3.8, 4) is 0 Å². The molecule has 0 radical (unpaired) electrons. The molecule has 2 rings (SSSR count). The van der Waals surface area contributed by atoms with Crippen molar-refractivity contribution in [3.63, 3.8) is 0 Å². The average Bonchev–Trinajstić information content (AvgIpc) is 2.73. The number of rotatable bonds is 2. The van der Waals surface area contributed by atoms with Crippen molar-refractivity contribution in [2.45, 2.75) is 12.3 Å². The Labute approximate surface area is 119 Å². The maximum Gasteiger partial charge on any atom is 0.433 e. The molecule has 3 nitrogen and oxygen atoms in total. The Kier molecular flexibility index (Phi) is 4.00. The van der Waals surface area contributed by atoms with Gasteiger partial charge >= 0.3 is 6.18 Å². The van der Waals surface area contributed by atoms with Gasteiger partial charge in [0.05, 0.1) is 6.20 Å². The van der Waals surface area contributed by atoms with Crippen LogP contribution in [0.15, 0.2) is 18.3 Å². The van der Waals surface area contributed by atoms with Crippen LogP contribution in [0.4, 0.5) is 13.2 Å². The fourth-order valence-electron chi connectivity index (χ4n) is 1.33. The molecule has 1 unspecified atom stereocenters. The van der Waals surface area contributed by atoms with Gasteiger partial charge in [0, 0.05) is 5.56 Å². The summed E-state index contributed by atoms with van der Waals surface area (Å²) in [7, 11) is 0. The van der Waals surface area contributed by atoms with Crippen molar-refractivity contribution in [2.24, 2.45) is 0 Å². The molecule has 0 spiro atoms. The van der Waals surface area contributed by atoms with Gasteiger partial charge in [0.25, 0.3) is 0 Å². The summed E-state index contributed by atoms with van der Waals surface area (Å²) in [5, 5.41) is 9.77. The number of hydrogen-bond acceptors (Lipinski definition) is 4. The van der Waals surface area contributed by atoms with Crippen LogP contribution < -0.4 is 0 Å². The zero-order chi connectivity index (χ0) is 14.2. The summed E-state index contributed by atoms with van der Waals surface area (Å²) in [5.74, 6) is 0. The van der Waals surface area contributed by atoms with E-state index in [1.165, 1.54) is 6.20 Å². The quantitative estimate of drug-likeness (QED) is 0.849. The van der Waals surface area contributed by atoms with Gasteiger partial charge in [0.15, 0.2) is 0 Å². The largest absolute Gasteiger partial charge is 0.433 e. The summed E-state index contributed by atoms with van der Waals surface area (Å²) in [6, 6.07) is 1.82. The van der Waals surface area contributed by atoms with Crippen molar-refractivity contribution in [2.75, 3.05) is 0 Å². The number of aromatic nitrogens is 2. The molecule has 0 fully saturated rings. The molecule has 0 saturated heterocycles. The Morgan fingerprint density at radius 1 is 1.26 bits per heavy atom. The topological polar surface area (TPSA) is 46.0 Å². The molecule has 0 aromatic carbocycles. The number of thiazole rings is 1. The smallest absolute Gasteiger partial charge is 0.381 e. The number of alkyl halides is 3. The molecular formula is C10H5Cl2F3N2OS. The van der Waals surface area contributed by atoms with Gasteiger partial charge in [-0.05, 0) is 6.07 Å². The van der Waals surface area contributed by atoms with Gasteiger partial charge in [-0.3, -0.25) is 0 Å². The maximum absolute atomic E-state index is 12.4. The number of nitrogens with zero attached hydrogens (tertiary/aromatic N) is 2. The van der Waals surface area contributed by atoms with E-state index in [1.807, 2.05) is 0 Å². The van der Waals surface area contributed by atoms with Gasteiger partial charge in [-0.1, -0.05) is 29.3 Å². The molecule has 0 aliphatic carbocycles. The summed E-state index contributed by atoms with van der Waals surface area (Å²) >= 11 is 12.3. The number of halogens is 5. The van der Waals surface area contributed by atoms with Crippen LogP contribution in [0.1, 0.15) is 22.4 Å². The molecule has 0 bridgehead atoms. The standard InChI is InChI=1S/C10H5Cl2F3N2OS/c11-6-3-16-9(19-6)7(18)4-1-2-5(10(13,14)15)17-8(4)12/h1-3,7,18H. The Bertz CT molecular complexity index is 603. The molecule has 19 heavy (non-hydrogen) atoms. The number of aliphatic hydroxyl groups is 1. The van der Waals surface area contributed by atoms with Gasteiger partial charge in [-0.15, -0.1) is 11.3 Å². The Morgan fingerprint density at radius 2 is 1.95 bits per heavy atom. The molecule has 0 aliphatic heterocycles. The minimum Gasteiger partial charge on any atom is -0.381 e. The molecule has 1 N–H and O–H groups in total. The first-order valence-corrected chi connectivity index (χ1v) is 6.39. The SMILES string of the molecule is OC(c1ncc(Cl)s1)c1ccc(C(F)(F)F)nc1Cl. The van der Waals surface area contributed by atoms with Crippen molar-refractivity contribution in [1.82, 2.24) is 9.97 Å². The highest BCUT2D eigenvalue weighted by Crippen LogP contribution is 2.34. The lowest BCUT2D eigenvalue weighted by Gasteiger charge is -2.12. The molecule has 2 aromatic heterocycles. The average molecular weight is 329 g/mol. The van der Waals surface area contributed by atoms with Crippen LogP contribution in [-0.4, -0.2) is 15.1 Å². The molecule has 0 saturated carbocycles.